The van der Waals surface area contributed by atoms with E-state index in [0.717, 1.165) is 0 Å². The van der Waals surface area contributed by atoms with Crippen LogP contribution in [0.15, 0.2) is 0 Å². The van der Waals surface area contributed by atoms with Gasteiger partial charge in [-0.2, -0.15) is 0 Å². The predicted molar refractivity (Wildman–Crippen MR) is 77.2 cm³/mol. The SMILES string of the molecule is O=S(=O)([O-])OC[C@@H]1O[C@@H](O[C@@H]2[C@@H](O)[C@H](O)O[C@H](CO)[C@@H]2O)[C@@H](O)[C@H](O)[C@@H]1O. The monoisotopic (exact) mass is 421 g/mol. The Morgan fingerprint density at radius 1 is 0.852 bits per heavy atom. The van der Waals surface area contributed by atoms with E-state index in [2.05, 4.69) is 4.18 Å². The van der Waals surface area contributed by atoms with Gasteiger partial charge in [0.1, 0.15) is 48.8 Å². The number of aliphatic hydroxyl groups excluding tert-OH is 7. The van der Waals surface area contributed by atoms with Crippen LogP contribution in [0.25, 0.3) is 0 Å². The van der Waals surface area contributed by atoms with Crippen molar-refractivity contribution in [1.29, 1.82) is 0 Å². The fraction of sp³-hybridized carbons (Fsp3) is 1.00. The van der Waals surface area contributed by atoms with Gasteiger partial charge in [0.25, 0.3) is 0 Å². The molecule has 0 saturated carbocycles. The maximum absolute atomic E-state index is 10.5. The molecule has 0 aromatic rings. The smallest absolute Gasteiger partial charge is 0.217 e. The Balaban J connectivity index is 2.12. The van der Waals surface area contributed by atoms with E-state index in [0.29, 0.717) is 0 Å². The lowest BCUT2D eigenvalue weighted by Gasteiger charge is -2.45. The van der Waals surface area contributed by atoms with E-state index in [4.69, 9.17) is 19.3 Å². The summed E-state index contributed by atoms with van der Waals surface area (Å²) >= 11 is 0. The Hall–Kier alpha value is -0.530. The van der Waals surface area contributed by atoms with Crippen LogP contribution in [0.1, 0.15) is 0 Å². The molecular formula is C12H21O14S-. The van der Waals surface area contributed by atoms with Crippen molar-refractivity contribution < 1.29 is 67.1 Å². The highest BCUT2D eigenvalue weighted by atomic mass is 32.3. The Labute approximate surface area is 153 Å². The molecule has 0 aromatic heterocycles. The number of rotatable bonds is 6. The van der Waals surface area contributed by atoms with E-state index in [1.807, 2.05) is 0 Å². The van der Waals surface area contributed by atoms with Crippen molar-refractivity contribution >= 4 is 10.4 Å². The first-order chi connectivity index (χ1) is 12.5. The summed E-state index contributed by atoms with van der Waals surface area (Å²) in [4.78, 5) is 0. The van der Waals surface area contributed by atoms with Crippen LogP contribution in [0.2, 0.25) is 0 Å². The molecule has 0 amide bonds. The van der Waals surface area contributed by atoms with Crippen LogP contribution in [0.5, 0.6) is 0 Å². The number of hydrogen-bond donors (Lipinski definition) is 7. The van der Waals surface area contributed by atoms with E-state index in [-0.39, 0.29) is 0 Å². The summed E-state index contributed by atoms with van der Waals surface area (Å²) in [5.74, 6) is 0. The summed E-state index contributed by atoms with van der Waals surface area (Å²) in [5, 5.41) is 68.3. The lowest BCUT2D eigenvalue weighted by molar-refractivity contribution is -0.355. The van der Waals surface area contributed by atoms with Crippen molar-refractivity contribution in [2.45, 2.75) is 61.4 Å². The maximum atomic E-state index is 10.5. The molecular weight excluding hydrogens is 400 g/mol. The van der Waals surface area contributed by atoms with Gasteiger partial charge in [-0.3, -0.25) is 4.18 Å². The lowest BCUT2D eigenvalue weighted by Crippen LogP contribution is -2.64. The average molecular weight is 421 g/mol. The second kappa shape index (κ2) is 8.87. The Bertz CT molecular complexity index is 585. The molecule has 2 aliphatic heterocycles. The zero-order valence-corrected chi connectivity index (χ0v) is 14.4. The predicted octanol–water partition coefficient (Wildman–Crippen LogP) is -5.91. The lowest BCUT2D eigenvalue weighted by atomic mass is 9.97. The number of hydrogen-bond acceptors (Lipinski definition) is 14. The highest BCUT2D eigenvalue weighted by Gasteiger charge is 2.50. The summed E-state index contributed by atoms with van der Waals surface area (Å²) < 4.78 is 50.5. The molecule has 0 aromatic carbocycles. The molecule has 15 heteroatoms. The van der Waals surface area contributed by atoms with Gasteiger partial charge in [-0.15, -0.1) is 0 Å². The zero-order chi connectivity index (χ0) is 20.5. The largest absolute Gasteiger partial charge is 0.726 e. The minimum Gasteiger partial charge on any atom is -0.726 e. The molecule has 10 atom stereocenters. The van der Waals surface area contributed by atoms with Gasteiger partial charge >= 0.3 is 0 Å². The Morgan fingerprint density at radius 3 is 2.04 bits per heavy atom. The maximum Gasteiger partial charge on any atom is 0.217 e. The van der Waals surface area contributed by atoms with Crippen LogP contribution in [0.3, 0.4) is 0 Å². The minimum atomic E-state index is -5.14. The fourth-order valence-corrected chi connectivity index (χ4v) is 3.00. The van der Waals surface area contributed by atoms with Gasteiger partial charge in [0.15, 0.2) is 12.6 Å². The highest BCUT2D eigenvalue weighted by Crippen LogP contribution is 2.28. The van der Waals surface area contributed by atoms with Crippen LogP contribution in [-0.2, 0) is 28.8 Å². The second-order valence-electron chi connectivity index (χ2n) is 6.04. The van der Waals surface area contributed by atoms with E-state index >= 15 is 0 Å². The standard InChI is InChI=1S/C12H22O14S/c13-1-3-6(15)10(9(18)11(19)24-3)26-12-8(17)7(16)5(14)4(25-12)2-23-27(20,21)22/h3-19H,1-2H2,(H,20,21,22)/p-1/t3-,4+,5-,6+,7-,8+,9-,10+,11-,12+/m1/s1. The summed E-state index contributed by atoms with van der Waals surface area (Å²) in [7, 11) is -5.14. The zero-order valence-electron chi connectivity index (χ0n) is 13.6. The van der Waals surface area contributed by atoms with Crippen LogP contribution < -0.4 is 0 Å². The summed E-state index contributed by atoms with van der Waals surface area (Å²) in [6.07, 6.45) is -17.6. The molecule has 14 nitrogen and oxygen atoms in total. The van der Waals surface area contributed by atoms with Crippen LogP contribution in [-0.4, -0.2) is 123 Å². The number of aliphatic hydroxyl groups is 7. The fourth-order valence-electron chi connectivity index (χ4n) is 2.70. The summed E-state index contributed by atoms with van der Waals surface area (Å²) in [6, 6.07) is 0. The third kappa shape index (κ3) is 5.30. The van der Waals surface area contributed by atoms with E-state index in [9.17, 15) is 43.6 Å². The van der Waals surface area contributed by atoms with Crippen molar-refractivity contribution in [2.75, 3.05) is 13.2 Å². The normalized spacial score (nSPS) is 46.4. The van der Waals surface area contributed by atoms with E-state index in [1.165, 1.54) is 0 Å². The van der Waals surface area contributed by atoms with Gasteiger partial charge in [-0.25, -0.2) is 8.42 Å². The molecule has 2 fully saturated rings. The molecule has 2 aliphatic rings. The molecule has 160 valence electrons. The molecule has 0 aliphatic carbocycles. The van der Waals surface area contributed by atoms with Gasteiger partial charge in [-0.05, 0) is 0 Å². The van der Waals surface area contributed by atoms with Crippen molar-refractivity contribution in [3.63, 3.8) is 0 Å². The van der Waals surface area contributed by atoms with Gasteiger partial charge in [0.2, 0.25) is 10.4 Å². The third-order valence-electron chi connectivity index (χ3n) is 4.18. The first-order valence-corrected chi connectivity index (χ1v) is 9.05. The van der Waals surface area contributed by atoms with E-state index in [1.54, 1.807) is 0 Å². The molecule has 0 bridgehead atoms. The summed E-state index contributed by atoms with van der Waals surface area (Å²) in [6.45, 7) is -1.77. The van der Waals surface area contributed by atoms with Crippen molar-refractivity contribution in [1.82, 2.24) is 0 Å². The van der Waals surface area contributed by atoms with Crippen LogP contribution >= 0.6 is 0 Å². The Kier molecular flexibility index (Phi) is 7.47. The van der Waals surface area contributed by atoms with Gasteiger partial charge in [0, 0.05) is 0 Å². The molecule has 0 radical (unpaired) electrons. The first kappa shape index (κ1) is 22.8. The van der Waals surface area contributed by atoms with Crippen LogP contribution in [0.4, 0.5) is 0 Å². The third-order valence-corrected chi connectivity index (χ3v) is 4.60. The highest BCUT2D eigenvalue weighted by molar-refractivity contribution is 7.80. The minimum absolute atomic E-state index is 0.752. The van der Waals surface area contributed by atoms with Crippen molar-refractivity contribution in [3.05, 3.63) is 0 Å². The molecule has 7 N–H and O–H groups in total. The summed E-state index contributed by atoms with van der Waals surface area (Å²) in [5.41, 5.74) is 0. The molecule has 0 spiro atoms. The van der Waals surface area contributed by atoms with Crippen molar-refractivity contribution in [3.8, 4) is 0 Å². The number of ether oxygens (including phenoxy) is 3. The van der Waals surface area contributed by atoms with Crippen LogP contribution in [0, 0.1) is 0 Å². The molecule has 27 heavy (non-hydrogen) atoms. The topological polar surface area (TPSA) is 236 Å². The average Bonchev–Trinajstić information content (AvgIpc) is 2.59. The van der Waals surface area contributed by atoms with Gasteiger partial charge < -0.3 is 54.5 Å². The second-order valence-corrected chi connectivity index (χ2v) is 7.09. The van der Waals surface area contributed by atoms with Crippen molar-refractivity contribution in [2.24, 2.45) is 0 Å². The molecule has 2 heterocycles. The molecule has 2 saturated heterocycles. The molecule has 2 rings (SSSR count). The quantitative estimate of drug-likeness (QED) is 0.156. The Morgan fingerprint density at radius 2 is 1.48 bits per heavy atom. The van der Waals surface area contributed by atoms with Gasteiger partial charge in [-0.1, -0.05) is 0 Å². The van der Waals surface area contributed by atoms with Gasteiger partial charge in [0.05, 0.1) is 13.2 Å². The van der Waals surface area contributed by atoms with E-state index < -0.39 is 85.0 Å². The molecule has 0 unspecified atom stereocenters. The first-order valence-electron chi connectivity index (χ1n) is 7.72.